The van der Waals surface area contributed by atoms with Gasteiger partial charge in [0.1, 0.15) is 4.21 Å². The summed E-state index contributed by atoms with van der Waals surface area (Å²) in [5.41, 5.74) is 0. The summed E-state index contributed by atoms with van der Waals surface area (Å²) in [7, 11) is -3.42. The van der Waals surface area contributed by atoms with Crippen molar-refractivity contribution >= 4 is 43.2 Å². The van der Waals surface area contributed by atoms with E-state index in [0.717, 1.165) is 23.0 Å². The first-order chi connectivity index (χ1) is 9.98. The predicted molar refractivity (Wildman–Crippen MR) is 84.7 cm³/mol. The second-order valence-corrected chi connectivity index (χ2v) is 10.0. The molecule has 21 heavy (non-hydrogen) atoms. The van der Waals surface area contributed by atoms with Crippen LogP contribution in [0.5, 0.6) is 0 Å². The molecule has 2 aliphatic rings. The minimum atomic E-state index is -3.42. The average molecular weight is 393 g/mol. The van der Waals surface area contributed by atoms with Crippen LogP contribution in [-0.4, -0.2) is 49.7 Å². The van der Waals surface area contributed by atoms with Gasteiger partial charge in [0.25, 0.3) is 10.0 Å². The lowest BCUT2D eigenvalue weighted by atomic mass is 9.84. The van der Waals surface area contributed by atoms with Crippen molar-refractivity contribution in [2.24, 2.45) is 5.92 Å². The summed E-state index contributed by atoms with van der Waals surface area (Å²) < 4.78 is 27.6. The number of thiophene rings is 1. The van der Waals surface area contributed by atoms with Crippen molar-refractivity contribution in [1.82, 2.24) is 9.21 Å². The van der Waals surface area contributed by atoms with Gasteiger partial charge in [0, 0.05) is 32.1 Å². The largest absolute Gasteiger partial charge is 0.340 e. The predicted octanol–water partition coefficient (Wildman–Crippen LogP) is 2.14. The first-order valence-corrected chi connectivity index (χ1v) is 10.1. The number of halogens is 1. The normalized spacial score (nSPS) is 21.3. The van der Waals surface area contributed by atoms with Crippen molar-refractivity contribution in [3.8, 4) is 0 Å². The zero-order chi connectivity index (χ0) is 15.0. The second-order valence-electron chi connectivity index (χ2n) is 5.42. The Hall–Kier alpha value is -0.440. The lowest BCUT2D eigenvalue weighted by molar-refractivity contribution is -0.139. The van der Waals surface area contributed by atoms with E-state index in [1.807, 2.05) is 4.90 Å². The molecule has 1 saturated carbocycles. The highest BCUT2D eigenvalue weighted by Gasteiger charge is 2.34. The van der Waals surface area contributed by atoms with Gasteiger partial charge in [-0.05, 0) is 40.9 Å². The Bertz CT molecular complexity index is 632. The number of hydrogen-bond acceptors (Lipinski definition) is 4. The van der Waals surface area contributed by atoms with Crippen molar-refractivity contribution in [3.05, 3.63) is 15.9 Å². The molecule has 2 fully saturated rings. The molecule has 116 valence electrons. The SMILES string of the molecule is O=C(C1CCC1)N1CCN(S(=O)(=O)c2ccc(Br)s2)CC1. The molecule has 0 aromatic carbocycles. The summed E-state index contributed by atoms with van der Waals surface area (Å²) in [5.74, 6) is 0.388. The molecule has 8 heteroatoms. The Kier molecular flexibility index (Phi) is 4.40. The maximum Gasteiger partial charge on any atom is 0.252 e. The minimum Gasteiger partial charge on any atom is -0.340 e. The van der Waals surface area contributed by atoms with Crippen LogP contribution in [0.25, 0.3) is 0 Å². The van der Waals surface area contributed by atoms with Crippen LogP contribution in [-0.2, 0) is 14.8 Å². The maximum absolute atomic E-state index is 12.5. The molecule has 1 amide bonds. The third kappa shape index (κ3) is 3.04. The standard InChI is InChI=1S/C13H17BrN2O3S2/c14-11-4-5-12(20-11)21(18,19)16-8-6-15(7-9-16)13(17)10-2-1-3-10/h4-5,10H,1-3,6-9H2. The van der Waals surface area contributed by atoms with Gasteiger partial charge in [-0.3, -0.25) is 4.79 Å². The van der Waals surface area contributed by atoms with Gasteiger partial charge in [-0.1, -0.05) is 6.42 Å². The lowest BCUT2D eigenvalue weighted by Gasteiger charge is -2.37. The smallest absolute Gasteiger partial charge is 0.252 e. The van der Waals surface area contributed by atoms with Gasteiger partial charge < -0.3 is 4.90 Å². The van der Waals surface area contributed by atoms with E-state index in [4.69, 9.17) is 0 Å². The highest BCUT2D eigenvalue weighted by atomic mass is 79.9. The molecule has 0 atom stereocenters. The van der Waals surface area contributed by atoms with Crippen molar-refractivity contribution < 1.29 is 13.2 Å². The van der Waals surface area contributed by atoms with Gasteiger partial charge in [-0.25, -0.2) is 8.42 Å². The third-order valence-electron chi connectivity index (χ3n) is 4.15. The van der Waals surface area contributed by atoms with E-state index >= 15 is 0 Å². The van der Waals surface area contributed by atoms with Crippen LogP contribution in [0.1, 0.15) is 19.3 Å². The van der Waals surface area contributed by atoms with E-state index in [1.54, 1.807) is 12.1 Å². The quantitative estimate of drug-likeness (QED) is 0.791. The summed E-state index contributed by atoms with van der Waals surface area (Å²) in [6.07, 6.45) is 3.11. The van der Waals surface area contributed by atoms with Crippen molar-refractivity contribution in [2.75, 3.05) is 26.2 Å². The van der Waals surface area contributed by atoms with Gasteiger partial charge >= 0.3 is 0 Å². The molecule has 0 radical (unpaired) electrons. The molecule has 0 unspecified atom stereocenters. The van der Waals surface area contributed by atoms with Gasteiger partial charge in [0.2, 0.25) is 5.91 Å². The van der Waals surface area contributed by atoms with E-state index in [-0.39, 0.29) is 11.8 Å². The Morgan fingerprint density at radius 1 is 1.19 bits per heavy atom. The zero-order valence-corrected chi connectivity index (χ0v) is 14.7. The van der Waals surface area contributed by atoms with E-state index in [9.17, 15) is 13.2 Å². The van der Waals surface area contributed by atoms with Crippen LogP contribution in [0.3, 0.4) is 0 Å². The highest BCUT2D eigenvalue weighted by molar-refractivity contribution is 9.11. The molecule has 1 saturated heterocycles. The molecule has 0 spiro atoms. The zero-order valence-electron chi connectivity index (χ0n) is 11.5. The van der Waals surface area contributed by atoms with Crippen LogP contribution in [0, 0.1) is 5.92 Å². The number of rotatable bonds is 3. The minimum absolute atomic E-state index is 0.182. The van der Waals surface area contributed by atoms with Crippen LogP contribution in [0.4, 0.5) is 0 Å². The van der Waals surface area contributed by atoms with E-state index in [1.165, 1.54) is 15.6 Å². The molecule has 5 nitrogen and oxygen atoms in total. The molecular formula is C13H17BrN2O3S2. The second kappa shape index (κ2) is 5.98. The first kappa shape index (κ1) is 15.5. The van der Waals surface area contributed by atoms with Gasteiger partial charge in [0.05, 0.1) is 3.79 Å². The van der Waals surface area contributed by atoms with Crippen molar-refractivity contribution in [1.29, 1.82) is 0 Å². The fourth-order valence-corrected chi connectivity index (χ4v) is 6.21. The fraction of sp³-hybridized carbons (Fsp3) is 0.615. The Morgan fingerprint density at radius 3 is 2.33 bits per heavy atom. The number of carbonyl (C=O) groups is 1. The summed E-state index contributed by atoms with van der Waals surface area (Å²) in [6.45, 7) is 1.77. The molecule has 0 N–H and O–H groups in total. The molecule has 1 aliphatic heterocycles. The number of sulfonamides is 1. The highest BCUT2D eigenvalue weighted by Crippen LogP contribution is 2.31. The topological polar surface area (TPSA) is 57.7 Å². The van der Waals surface area contributed by atoms with Crippen molar-refractivity contribution in [3.63, 3.8) is 0 Å². The van der Waals surface area contributed by atoms with Gasteiger partial charge in [-0.2, -0.15) is 4.31 Å². The Labute approximate surface area is 137 Å². The summed E-state index contributed by atoms with van der Waals surface area (Å²) >= 11 is 4.51. The van der Waals surface area contributed by atoms with Crippen LogP contribution >= 0.6 is 27.3 Å². The third-order valence-corrected chi connectivity index (χ3v) is 8.14. The molecule has 0 bridgehead atoms. The number of piperazine rings is 1. The molecule has 1 aliphatic carbocycles. The maximum atomic E-state index is 12.5. The Balaban J connectivity index is 1.64. The van der Waals surface area contributed by atoms with Gasteiger partial charge in [-0.15, -0.1) is 11.3 Å². The molecule has 1 aromatic rings. The summed E-state index contributed by atoms with van der Waals surface area (Å²) in [5, 5.41) is 0. The first-order valence-electron chi connectivity index (χ1n) is 7.03. The van der Waals surface area contributed by atoms with Crippen molar-refractivity contribution in [2.45, 2.75) is 23.5 Å². The van der Waals surface area contributed by atoms with Gasteiger partial charge in [0.15, 0.2) is 0 Å². The number of amides is 1. The number of nitrogens with zero attached hydrogens (tertiary/aromatic N) is 2. The Morgan fingerprint density at radius 2 is 1.86 bits per heavy atom. The van der Waals surface area contributed by atoms with E-state index < -0.39 is 10.0 Å². The summed E-state index contributed by atoms with van der Waals surface area (Å²) in [6, 6.07) is 3.36. The summed E-state index contributed by atoms with van der Waals surface area (Å²) in [4.78, 5) is 14.0. The van der Waals surface area contributed by atoms with E-state index in [0.29, 0.717) is 30.4 Å². The van der Waals surface area contributed by atoms with Crippen LogP contribution in [0.2, 0.25) is 0 Å². The molecule has 3 rings (SSSR count). The van der Waals surface area contributed by atoms with E-state index in [2.05, 4.69) is 15.9 Å². The average Bonchev–Trinajstić information content (AvgIpc) is 2.84. The fourth-order valence-electron chi connectivity index (χ4n) is 2.63. The molecule has 1 aromatic heterocycles. The van der Waals surface area contributed by atoms with Crippen LogP contribution < -0.4 is 0 Å². The number of carbonyl (C=O) groups excluding carboxylic acids is 1. The number of hydrogen-bond donors (Lipinski definition) is 0. The van der Waals surface area contributed by atoms with Crippen LogP contribution in [0.15, 0.2) is 20.1 Å². The lowest BCUT2D eigenvalue weighted by Crippen LogP contribution is -2.52. The molecule has 2 heterocycles. The molecular weight excluding hydrogens is 376 g/mol. The monoisotopic (exact) mass is 392 g/mol.